The highest BCUT2D eigenvalue weighted by atomic mass is 16.5. The number of carbonyl (C=O) groups is 3. The van der Waals surface area contributed by atoms with Gasteiger partial charge in [-0.2, -0.15) is 0 Å². The fraction of sp³-hybridized carbons (Fsp3) is 0.893. The van der Waals surface area contributed by atoms with E-state index in [4.69, 9.17) is 9.47 Å². The summed E-state index contributed by atoms with van der Waals surface area (Å²) in [4.78, 5) is 35.5. The Hall–Kier alpha value is -1.67. The van der Waals surface area contributed by atoms with Crippen molar-refractivity contribution in [2.75, 3.05) is 33.5 Å². The molecule has 0 aromatic heterocycles. The van der Waals surface area contributed by atoms with Gasteiger partial charge in [0.1, 0.15) is 6.04 Å². The fourth-order valence-corrected chi connectivity index (χ4v) is 4.05. The molecule has 1 atom stereocenters. The first-order chi connectivity index (χ1) is 17.5. The summed E-state index contributed by atoms with van der Waals surface area (Å²) in [6, 6.07) is -1.04. The topological polar surface area (TPSA) is 114 Å². The molecule has 2 amide bonds. The van der Waals surface area contributed by atoms with E-state index in [-0.39, 0.29) is 24.7 Å². The van der Waals surface area contributed by atoms with Crippen LogP contribution in [0.5, 0.6) is 0 Å². The third kappa shape index (κ3) is 24.0. The van der Waals surface area contributed by atoms with Crippen LogP contribution in [0.4, 0.5) is 0 Å². The minimum Gasteiger partial charge on any atom is -0.480 e. The van der Waals surface area contributed by atoms with Gasteiger partial charge in [0.25, 0.3) is 0 Å². The quantitative estimate of drug-likeness (QED) is 0.127. The molecule has 1 unspecified atom stereocenters. The number of carboxylic acids is 1. The third-order valence-corrected chi connectivity index (χ3v) is 6.30. The van der Waals surface area contributed by atoms with Gasteiger partial charge in [0.2, 0.25) is 11.8 Å². The van der Waals surface area contributed by atoms with E-state index in [1.165, 1.54) is 77.0 Å². The van der Waals surface area contributed by atoms with Crippen LogP contribution in [0.2, 0.25) is 0 Å². The van der Waals surface area contributed by atoms with Crippen molar-refractivity contribution >= 4 is 17.8 Å². The zero-order valence-corrected chi connectivity index (χ0v) is 23.1. The number of nitrogens with one attached hydrogen (secondary N) is 2. The van der Waals surface area contributed by atoms with Crippen LogP contribution >= 0.6 is 0 Å². The fourth-order valence-electron chi connectivity index (χ4n) is 4.05. The van der Waals surface area contributed by atoms with Crippen molar-refractivity contribution in [3.63, 3.8) is 0 Å². The molecule has 0 spiro atoms. The molecule has 0 fully saturated rings. The molecule has 0 radical (unpaired) electrons. The molecule has 8 heteroatoms. The number of ether oxygens (including phenoxy) is 2. The van der Waals surface area contributed by atoms with E-state index in [1.807, 2.05) is 0 Å². The van der Waals surface area contributed by atoms with Crippen LogP contribution in [0, 0.1) is 0 Å². The Balaban J connectivity index is 3.66. The van der Waals surface area contributed by atoms with Crippen LogP contribution in [-0.2, 0) is 23.9 Å². The van der Waals surface area contributed by atoms with E-state index in [1.54, 1.807) is 7.11 Å². The van der Waals surface area contributed by atoms with Crippen molar-refractivity contribution in [2.45, 2.75) is 129 Å². The molecule has 0 saturated heterocycles. The summed E-state index contributed by atoms with van der Waals surface area (Å²) in [5.74, 6) is -1.63. The lowest BCUT2D eigenvalue weighted by Crippen LogP contribution is -2.41. The van der Waals surface area contributed by atoms with E-state index in [0.29, 0.717) is 32.8 Å². The number of amides is 2. The highest BCUT2D eigenvalue weighted by Gasteiger charge is 2.20. The molecular formula is C28H54N2O6. The molecule has 0 aliphatic carbocycles. The SMILES string of the molecule is CCCCCCCCCCCCCCCCCC(=O)NC(CCC(=O)NCCOCCOC)C(=O)O. The normalized spacial score (nSPS) is 11.8. The minimum atomic E-state index is -1.12. The smallest absolute Gasteiger partial charge is 0.326 e. The number of hydrogen-bond donors (Lipinski definition) is 3. The molecule has 0 aromatic carbocycles. The van der Waals surface area contributed by atoms with Gasteiger partial charge in [0.15, 0.2) is 0 Å². The summed E-state index contributed by atoms with van der Waals surface area (Å²) >= 11 is 0. The predicted octanol–water partition coefficient (Wildman–Crippen LogP) is 5.38. The average Bonchev–Trinajstić information content (AvgIpc) is 2.86. The van der Waals surface area contributed by atoms with E-state index in [2.05, 4.69) is 17.6 Å². The van der Waals surface area contributed by atoms with Crippen LogP contribution < -0.4 is 10.6 Å². The zero-order chi connectivity index (χ0) is 26.7. The average molecular weight is 515 g/mol. The molecule has 0 rings (SSSR count). The summed E-state index contributed by atoms with van der Waals surface area (Å²) in [5, 5.41) is 14.6. The van der Waals surface area contributed by atoms with E-state index < -0.39 is 12.0 Å². The van der Waals surface area contributed by atoms with Gasteiger partial charge >= 0.3 is 5.97 Å². The molecular weight excluding hydrogens is 460 g/mol. The largest absolute Gasteiger partial charge is 0.480 e. The van der Waals surface area contributed by atoms with Gasteiger partial charge in [-0.15, -0.1) is 0 Å². The summed E-state index contributed by atoms with van der Waals surface area (Å²) in [6.45, 7) is 3.93. The minimum absolute atomic E-state index is 0.0360. The van der Waals surface area contributed by atoms with Crippen LogP contribution in [0.25, 0.3) is 0 Å². The summed E-state index contributed by atoms with van der Waals surface area (Å²) in [5.41, 5.74) is 0. The molecule has 3 N–H and O–H groups in total. The van der Waals surface area contributed by atoms with Gasteiger partial charge in [-0.3, -0.25) is 9.59 Å². The molecule has 0 aliphatic rings. The zero-order valence-electron chi connectivity index (χ0n) is 23.1. The molecule has 0 heterocycles. The Kier molecular flexibility index (Phi) is 25.2. The molecule has 0 bridgehead atoms. The summed E-state index contributed by atoms with van der Waals surface area (Å²) in [6.07, 6.45) is 19.3. The van der Waals surface area contributed by atoms with Gasteiger partial charge in [0, 0.05) is 26.5 Å². The van der Waals surface area contributed by atoms with Crippen molar-refractivity contribution in [1.29, 1.82) is 0 Å². The van der Waals surface area contributed by atoms with Crippen molar-refractivity contribution < 1.29 is 29.0 Å². The standard InChI is InChI=1S/C28H54N2O6/c1-3-4-5-6-7-8-9-10-11-12-13-14-15-16-17-18-27(32)30-25(28(33)34)19-20-26(31)29-21-22-36-24-23-35-2/h25H,3-24H2,1-2H3,(H,29,31)(H,30,32)(H,33,34). The van der Waals surface area contributed by atoms with Crippen LogP contribution in [0.3, 0.4) is 0 Å². The van der Waals surface area contributed by atoms with Gasteiger partial charge < -0.3 is 25.2 Å². The van der Waals surface area contributed by atoms with Gasteiger partial charge in [0.05, 0.1) is 19.8 Å². The Morgan fingerprint density at radius 3 is 1.72 bits per heavy atom. The van der Waals surface area contributed by atoms with E-state index in [0.717, 1.165) is 19.3 Å². The second-order valence-electron chi connectivity index (χ2n) is 9.65. The second kappa shape index (κ2) is 26.4. The number of rotatable bonds is 27. The Labute approximate surface area is 219 Å². The maximum atomic E-state index is 12.1. The Bertz CT molecular complexity index is 544. The lowest BCUT2D eigenvalue weighted by Gasteiger charge is -2.14. The van der Waals surface area contributed by atoms with Crippen LogP contribution in [0.1, 0.15) is 122 Å². The van der Waals surface area contributed by atoms with Crippen molar-refractivity contribution in [3.05, 3.63) is 0 Å². The maximum absolute atomic E-state index is 12.1. The van der Waals surface area contributed by atoms with Crippen molar-refractivity contribution in [3.8, 4) is 0 Å². The molecule has 0 aliphatic heterocycles. The highest BCUT2D eigenvalue weighted by molar-refractivity contribution is 5.84. The number of aliphatic carboxylic acids is 1. The molecule has 212 valence electrons. The monoisotopic (exact) mass is 514 g/mol. The summed E-state index contributed by atoms with van der Waals surface area (Å²) < 4.78 is 10.1. The molecule has 0 saturated carbocycles. The first kappa shape index (κ1) is 34.3. The lowest BCUT2D eigenvalue weighted by molar-refractivity contribution is -0.142. The van der Waals surface area contributed by atoms with Gasteiger partial charge in [-0.1, -0.05) is 96.8 Å². The van der Waals surface area contributed by atoms with Gasteiger partial charge in [-0.25, -0.2) is 4.79 Å². The number of carbonyl (C=O) groups excluding carboxylic acids is 2. The van der Waals surface area contributed by atoms with Crippen molar-refractivity contribution in [2.24, 2.45) is 0 Å². The van der Waals surface area contributed by atoms with E-state index in [9.17, 15) is 19.5 Å². The number of hydrogen-bond acceptors (Lipinski definition) is 5. The second-order valence-corrected chi connectivity index (χ2v) is 9.65. The van der Waals surface area contributed by atoms with Crippen LogP contribution in [0.15, 0.2) is 0 Å². The first-order valence-electron chi connectivity index (χ1n) is 14.4. The third-order valence-electron chi connectivity index (χ3n) is 6.30. The predicted molar refractivity (Wildman–Crippen MR) is 144 cm³/mol. The molecule has 0 aromatic rings. The number of methoxy groups -OCH3 is 1. The molecule has 36 heavy (non-hydrogen) atoms. The number of carboxylic acid groups (broad SMARTS) is 1. The van der Waals surface area contributed by atoms with E-state index >= 15 is 0 Å². The first-order valence-corrected chi connectivity index (χ1v) is 14.4. The van der Waals surface area contributed by atoms with Gasteiger partial charge in [-0.05, 0) is 12.8 Å². The summed E-state index contributed by atoms with van der Waals surface area (Å²) in [7, 11) is 1.59. The molecule has 8 nitrogen and oxygen atoms in total. The Morgan fingerprint density at radius 2 is 1.22 bits per heavy atom. The maximum Gasteiger partial charge on any atom is 0.326 e. The Morgan fingerprint density at radius 1 is 0.694 bits per heavy atom. The number of unbranched alkanes of at least 4 members (excludes halogenated alkanes) is 14. The highest BCUT2D eigenvalue weighted by Crippen LogP contribution is 2.13. The lowest BCUT2D eigenvalue weighted by atomic mass is 10.0. The van der Waals surface area contributed by atoms with Crippen LogP contribution in [-0.4, -0.2) is 62.4 Å². The van der Waals surface area contributed by atoms with Crippen molar-refractivity contribution in [1.82, 2.24) is 10.6 Å².